The molecule has 18 nitrogen and oxygen atoms in total. The first-order valence-corrected chi connectivity index (χ1v) is 32.0. The van der Waals surface area contributed by atoms with E-state index in [0.717, 1.165) is 16.7 Å². The molecule has 15 atom stereocenters. The summed E-state index contributed by atoms with van der Waals surface area (Å²) >= 11 is 0. The Labute approximate surface area is 526 Å². The summed E-state index contributed by atoms with van der Waals surface area (Å²) in [5, 5.41) is 12.2. The van der Waals surface area contributed by atoms with Gasteiger partial charge in [-0.2, -0.15) is 0 Å². The molecule has 488 valence electrons. The van der Waals surface area contributed by atoms with E-state index in [2.05, 4.69) is 0 Å². The molecule has 89 heavy (non-hydrogen) atoms. The van der Waals surface area contributed by atoms with Gasteiger partial charge in [-0.25, -0.2) is 4.79 Å². The minimum absolute atomic E-state index is 0.0230. The van der Waals surface area contributed by atoms with Crippen LogP contribution in [0.15, 0.2) is 108 Å². The Hall–Kier alpha value is -5.99. The molecule has 3 saturated heterocycles. The summed E-state index contributed by atoms with van der Waals surface area (Å²) in [6.07, 6.45) is 10.1. The van der Waals surface area contributed by atoms with Gasteiger partial charge in [0.05, 0.1) is 31.5 Å². The highest BCUT2D eigenvalue weighted by atomic mass is 16.7. The molecule has 4 fully saturated rings. The second-order valence-electron chi connectivity index (χ2n) is 26.0. The number of esters is 3. The average molecular weight is 1240 g/mol. The first-order chi connectivity index (χ1) is 42.4. The van der Waals surface area contributed by atoms with Crippen LogP contribution in [-0.2, 0) is 82.0 Å². The Morgan fingerprint density at radius 1 is 0.742 bits per heavy atom. The second kappa shape index (κ2) is 31.8. The predicted molar refractivity (Wildman–Crippen MR) is 332 cm³/mol. The van der Waals surface area contributed by atoms with Crippen LogP contribution in [0.2, 0.25) is 0 Å². The van der Waals surface area contributed by atoms with Crippen LogP contribution in [0.3, 0.4) is 0 Å². The number of aliphatic hydroxyl groups is 1. The van der Waals surface area contributed by atoms with E-state index in [1.165, 1.54) is 18.9 Å². The lowest BCUT2D eigenvalue weighted by Crippen LogP contribution is -2.61. The lowest BCUT2D eigenvalue weighted by atomic mass is 9.78. The number of fused-ring (bicyclic) bond motifs is 3. The minimum atomic E-state index is -2.48. The normalized spacial score (nSPS) is 34.7. The molecule has 1 N–H and O–H groups in total. The zero-order chi connectivity index (χ0) is 64.8. The van der Waals surface area contributed by atoms with Crippen LogP contribution >= 0.6 is 0 Å². The summed E-state index contributed by atoms with van der Waals surface area (Å²) in [4.78, 5) is 101. The maximum absolute atomic E-state index is 14.9. The van der Waals surface area contributed by atoms with Crippen molar-refractivity contribution >= 4 is 41.2 Å². The summed E-state index contributed by atoms with van der Waals surface area (Å²) in [7, 11) is 4.53. The molecule has 2 bridgehead atoms. The molecule has 0 spiro atoms. The lowest BCUT2D eigenvalue weighted by Gasteiger charge is -2.45. The number of cyclic esters (lactones) is 1. The number of carbonyl (C=O) groups excluding carboxylic acids is 7. The standard InChI is InChI=1S/C71H97NO17/c1-44-24-16-13-17-25-45(2)59(81-10)40-55-33-31-50(7)70(80,89-55)65(76)66(77)72-35-23-22-30-56(72)67(78)87-60(41-57(74)46(3)37-49(6)63(86-51(8)73)64(83-12)62(75)48(5)36-44)47(4)38-52-32-34-58(61(39-52)82-11)88-68(79)69(9)42-84-71(85-43-69,53-26-18-14-19-27-53)54-28-20-15-21-29-54/h13-21,24-29,37,44,46-48,50,52,55-56,58-61,63-64,80H,22-23,30-36,38-43H2,1-12H3/b17-13+,24-16+,45-25+,49-37+/t44-,46-,47-,48-,50-,52+,55+,56+,58-,59+,60+,61-,63-,64+,70-/m1/s1. The quantitative estimate of drug-likeness (QED) is 0.0955. The number of nitrogens with zero attached hydrogens (tertiary/aromatic N) is 1. The van der Waals surface area contributed by atoms with Gasteiger partial charge < -0.3 is 52.6 Å². The van der Waals surface area contributed by atoms with Gasteiger partial charge in [-0.05, 0) is 114 Å². The lowest BCUT2D eigenvalue weighted by molar-refractivity contribution is -0.288. The summed E-state index contributed by atoms with van der Waals surface area (Å²) in [6, 6.07) is 18.0. The van der Waals surface area contributed by atoms with Crippen molar-refractivity contribution in [2.24, 2.45) is 40.9 Å². The van der Waals surface area contributed by atoms with Gasteiger partial charge in [0.1, 0.15) is 29.4 Å². The van der Waals surface area contributed by atoms with Crippen molar-refractivity contribution in [3.63, 3.8) is 0 Å². The van der Waals surface area contributed by atoms with E-state index < -0.39 is 119 Å². The van der Waals surface area contributed by atoms with Crippen molar-refractivity contribution in [2.75, 3.05) is 41.1 Å². The number of ketones is 3. The van der Waals surface area contributed by atoms with Crippen LogP contribution < -0.4 is 0 Å². The Morgan fingerprint density at radius 3 is 2.02 bits per heavy atom. The highest BCUT2D eigenvalue weighted by molar-refractivity contribution is 6.39. The van der Waals surface area contributed by atoms with Crippen molar-refractivity contribution in [2.45, 2.75) is 200 Å². The maximum Gasteiger partial charge on any atom is 0.329 e. The first kappa shape index (κ1) is 70.5. The van der Waals surface area contributed by atoms with E-state index in [4.69, 9.17) is 42.6 Å². The van der Waals surface area contributed by atoms with E-state index in [9.17, 15) is 38.7 Å². The Kier molecular flexibility index (Phi) is 25.2. The summed E-state index contributed by atoms with van der Waals surface area (Å²) < 4.78 is 55.7. The smallest absolute Gasteiger partial charge is 0.329 e. The van der Waals surface area contributed by atoms with Gasteiger partial charge in [0.2, 0.25) is 11.6 Å². The Morgan fingerprint density at radius 2 is 1.40 bits per heavy atom. The van der Waals surface area contributed by atoms with Gasteiger partial charge in [-0.3, -0.25) is 28.8 Å². The van der Waals surface area contributed by atoms with Crippen LogP contribution in [0.1, 0.15) is 150 Å². The fourth-order valence-electron chi connectivity index (χ4n) is 13.4. The zero-order valence-corrected chi connectivity index (χ0v) is 54.4. The van der Waals surface area contributed by atoms with Gasteiger partial charge in [0.15, 0.2) is 18.0 Å². The van der Waals surface area contributed by atoms with Crippen LogP contribution in [0, 0.1) is 40.9 Å². The molecule has 1 amide bonds. The largest absolute Gasteiger partial charge is 0.460 e. The number of piperidine rings is 1. The van der Waals surface area contributed by atoms with Crippen molar-refractivity contribution in [3.8, 4) is 0 Å². The number of hydrogen-bond donors (Lipinski definition) is 1. The number of Topliss-reactive ketones (excluding diaryl/α,β-unsaturated/α-hetero) is 3. The van der Waals surface area contributed by atoms with E-state index in [1.54, 1.807) is 48.0 Å². The van der Waals surface area contributed by atoms with Crippen molar-refractivity contribution in [1.82, 2.24) is 4.90 Å². The molecule has 18 heteroatoms. The summed E-state index contributed by atoms with van der Waals surface area (Å²) in [5.41, 5.74) is 1.71. The molecular weight excluding hydrogens is 1140 g/mol. The third-order valence-corrected chi connectivity index (χ3v) is 19.0. The molecule has 0 radical (unpaired) electrons. The van der Waals surface area contributed by atoms with Crippen LogP contribution in [0.5, 0.6) is 0 Å². The molecule has 0 unspecified atom stereocenters. The highest BCUT2D eigenvalue weighted by Crippen LogP contribution is 2.44. The molecule has 7 rings (SSSR count). The van der Waals surface area contributed by atoms with Gasteiger partial charge in [0, 0.05) is 76.5 Å². The van der Waals surface area contributed by atoms with E-state index in [0.29, 0.717) is 63.4 Å². The number of carbonyl (C=O) groups is 7. The van der Waals surface area contributed by atoms with Gasteiger partial charge in [0.25, 0.3) is 11.7 Å². The van der Waals surface area contributed by atoms with Crippen LogP contribution in [0.25, 0.3) is 0 Å². The number of benzene rings is 2. The van der Waals surface area contributed by atoms with Gasteiger partial charge >= 0.3 is 17.9 Å². The average Bonchev–Trinajstić information content (AvgIpc) is 1.14. The van der Waals surface area contributed by atoms with Crippen LogP contribution in [0.4, 0.5) is 0 Å². The van der Waals surface area contributed by atoms with Crippen molar-refractivity contribution in [1.29, 1.82) is 0 Å². The minimum Gasteiger partial charge on any atom is -0.460 e. The first-order valence-electron chi connectivity index (χ1n) is 32.0. The third kappa shape index (κ3) is 17.3. The van der Waals surface area contributed by atoms with Gasteiger partial charge in [-0.15, -0.1) is 0 Å². The molecule has 0 aromatic heterocycles. The van der Waals surface area contributed by atoms with E-state index in [1.807, 2.05) is 119 Å². The van der Waals surface area contributed by atoms with Crippen molar-refractivity contribution in [3.05, 3.63) is 119 Å². The fraction of sp³-hybridized carbons (Fsp3) is 0.620. The predicted octanol–water partition coefficient (Wildman–Crippen LogP) is 10.3. The molecule has 4 aliphatic heterocycles. The number of allylic oxidation sites excluding steroid dienone is 6. The van der Waals surface area contributed by atoms with Crippen molar-refractivity contribution < 1.29 is 81.3 Å². The zero-order valence-electron chi connectivity index (χ0n) is 54.4. The molecule has 2 aromatic rings. The summed E-state index contributed by atoms with van der Waals surface area (Å²) in [6.45, 7) is 15.7. The molecule has 5 aliphatic rings. The highest BCUT2D eigenvalue weighted by Gasteiger charge is 2.54. The topological polar surface area (TPSA) is 226 Å². The number of hydrogen-bond acceptors (Lipinski definition) is 17. The SMILES string of the molecule is CO[C@H]1C[C@@H]2CC[C@@H](C)[C@@](O)(O2)C(=O)C(=O)N2CCCC[C@H]2C(=O)O[C@H]([C@H](C)C[C@@H]2CC[C@@H](OC(=O)C3(C)COC(c4ccccc4)(c4ccccc4)OC3)[C@H](OC)C2)CC(=O)[C@H](C)/C=C(\C)[C@@H](OC(C)=O)[C@@H](OC)C(=O)[C@H](C)C[C@H](C)/C=C/C=C/C=C/1C. The number of rotatable bonds is 11. The van der Waals surface area contributed by atoms with E-state index in [-0.39, 0.29) is 62.4 Å². The number of ether oxygens (including phenoxy) is 9. The Balaban J connectivity index is 1.13. The molecule has 1 saturated carbocycles. The Bertz CT molecular complexity index is 2830. The molecule has 4 heterocycles. The molecular formula is C71H97NO17. The molecule has 1 aliphatic carbocycles. The fourth-order valence-corrected chi connectivity index (χ4v) is 13.4. The monoisotopic (exact) mass is 1240 g/mol. The number of methoxy groups -OCH3 is 3. The summed E-state index contributed by atoms with van der Waals surface area (Å²) in [5.74, 6) is -11.1. The van der Waals surface area contributed by atoms with E-state index >= 15 is 0 Å². The molecule has 2 aromatic carbocycles. The van der Waals surface area contributed by atoms with Gasteiger partial charge in [-0.1, -0.05) is 132 Å². The third-order valence-electron chi connectivity index (χ3n) is 19.0. The van der Waals surface area contributed by atoms with Crippen LogP contribution in [-0.4, -0.2) is 147 Å². The maximum atomic E-state index is 14.9. The second-order valence-corrected chi connectivity index (χ2v) is 26.0. The number of amides is 1.